The highest BCUT2D eigenvalue weighted by Gasteiger charge is 2.09. The standard InChI is InChI=1S/C19H19N3OS/c1-23-16-8-6-14(7-9-16)12-18-21-10-11-22(18)13-15-4-2-3-5-17(15)19(20)24/h2-11H,12-13H2,1H3,(H2,20,24). The monoisotopic (exact) mass is 337 g/mol. The number of nitrogens with zero attached hydrogens (tertiary/aromatic N) is 2. The number of benzene rings is 2. The fourth-order valence-electron chi connectivity index (χ4n) is 2.66. The molecule has 122 valence electrons. The summed E-state index contributed by atoms with van der Waals surface area (Å²) < 4.78 is 7.32. The molecule has 0 bridgehead atoms. The maximum atomic E-state index is 5.83. The molecule has 0 radical (unpaired) electrons. The maximum absolute atomic E-state index is 5.83. The van der Waals surface area contributed by atoms with Crippen LogP contribution in [0.3, 0.4) is 0 Å². The molecular weight excluding hydrogens is 318 g/mol. The fourth-order valence-corrected chi connectivity index (χ4v) is 2.86. The average Bonchev–Trinajstić information content (AvgIpc) is 3.03. The smallest absolute Gasteiger partial charge is 0.118 e. The van der Waals surface area contributed by atoms with Crippen molar-refractivity contribution in [3.63, 3.8) is 0 Å². The SMILES string of the molecule is COc1ccc(Cc2nccn2Cc2ccccc2C(N)=S)cc1. The molecule has 0 amide bonds. The first kappa shape index (κ1) is 16.2. The zero-order valence-electron chi connectivity index (χ0n) is 13.5. The van der Waals surface area contributed by atoms with Crippen LogP contribution in [0.15, 0.2) is 60.9 Å². The van der Waals surface area contributed by atoms with Gasteiger partial charge in [-0.15, -0.1) is 0 Å². The van der Waals surface area contributed by atoms with Crippen LogP contribution in [0.5, 0.6) is 5.75 Å². The van der Waals surface area contributed by atoms with E-state index in [1.54, 1.807) is 7.11 Å². The van der Waals surface area contributed by atoms with Gasteiger partial charge in [0.2, 0.25) is 0 Å². The van der Waals surface area contributed by atoms with Crippen molar-refractivity contribution in [2.75, 3.05) is 7.11 Å². The van der Waals surface area contributed by atoms with Crippen LogP contribution in [0.4, 0.5) is 0 Å². The van der Waals surface area contributed by atoms with Gasteiger partial charge in [-0.05, 0) is 23.3 Å². The van der Waals surface area contributed by atoms with Gasteiger partial charge < -0.3 is 15.0 Å². The molecule has 0 saturated carbocycles. The normalized spacial score (nSPS) is 10.5. The van der Waals surface area contributed by atoms with Crippen molar-refractivity contribution < 1.29 is 4.74 Å². The van der Waals surface area contributed by atoms with E-state index < -0.39 is 0 Å². The summed E-state index contributed by atoms with van der Waals surface area (Å²) in [5.41, 5.74) is 9.02. The van der Waals surface area contributed by atoms with Gasteiger partial charge in [0.05, 0.1) is 7.11 Å². The fraction of sp³-hybridized carbons (Fsp3) is 0.158. The van der Waals surface area contributed by atoms with Crippen LogP contribution in [0, 0.1) is 0 Å². The molecule has 0 saturated heterocycles. The van der Waals surface area contributed by atoms with E-state index in [1.807, 2.05) is 48.8 Å². The third-order valence-electron chi connectivity index (χ3n) is 3.95. The number of thiocarbonyl (C=S) groups is 1. The molecule has 1 heterocycles. The van der Waals surface area contributed by atoms with Crippen molar-refractivity contribution in [3.05, 3.63) is 83.4 Å². The molecule has 0 aliphatic carbocycles. The number of hydrogen-bond acceptors (Lipinski definition) is 3. The Labute approximate surface area is 146 Å². The first-order valence-corrected chi connectivity index (χ1v) is 8.09. The van der Waals surface area contributed by atoms with Crippen LogP contribution in [0.25, 0.3) is 0 Å². The van der Waals surface area contributed by atoms with Crippen molar-refractivity contribution in [1.82, 2.24) is 9.55 Å². The Hall–Kier alpha value is -2.66. The van der Waals surface area contributed by atoms with Gasteiger partial charge in [-0.3, -0.25) is 0 Å². The van der Waals surface area contributed by atoms with Crippen molar-refractivity contribution in [2.45, 2.75) is 13.0 Å². The van der Waals surface area contributed by atoms with Crippen molar-refractivity contribution in [3.8, 4) is 5.75 Å². The molecule has 5 heteroatoms. The molecule has 3 rings (SSSR count). The lowest BCUT2D eigenvalue weighted by atomic mass is 10.1. The predicted molar refractivity (Wildman–Crippen MR) is 99.5 cm³/mol. The van der Waals surface area contributed by atoms with E-state index >= 15 is 0 Å². The lowest BCUT2D eigenvalue weighted by Crippen LogP contribution is -2.14. The van der Waals surface area contributed by atoms with Crippen LogP contribution in [-0.2, 0) is 13.0 Å². The topological polar surface area (TPSA) is 53.1 Å². The van der Waals surface area contributed by atoms with E-state index in [9.17, 15) is 0 Å². The number of aromatic nitrogens is 2. The van der Waals surface area contributed by atoms with Gasteiger partial charge in [0.1, 0.15) is 16.6 Å². The Kier molecular flexibility index (Phi) is 4.91. The van der Waals surface area contributed by atoms with Crippen molar-refractivity contribution in [2.24, 2.45) is 5.73 Å². The largest absolute Gasteiger partial charge is 0.497 e. The molecule has 2 N–H and O–H groups in total. The van der Waals surface area contributed by atoms with E-state index in [0.717, 1.165) is 29.1 Å². The minimum atomic E-state index is 0.419. The zero-order valence-corrected chi connectivity index (χ0v) is 14.3. The van der Waals surface area contributed by atoms with E-state index in [-0.39, 0.29) is 0 Å². The highest BCUT2D eigenvalue weighted by molar-refractivity contribution is 7.80. The Morgan fingerprint density at radius 1 is 1.17 bits per heavy atom. The third kappa shape index (κ3) is 3.63. The summed E-state index contributed by atoms with van der Waals surface area (Å²) in [6.45, 7) is 0.693. The molecule has 0 unspecified atom stereocenters. The molecule has 0 aliphatic heterocycles. The van der Waals surface area contributed by atoms with Crippen LogP contribution >= 0.6 is 12.2 Å². The number of methoxy groups -OCH3 is 1. The third-order valence-corrected chi connectivity index (χ3v) is 4.17. The van der Waals surface area contributed by atoms with Gasteiger partial charge in [0.15, 0.2) is 0 Å². The van der Waals surface area contributed by atoms with Gasteiger partial charge in [-0.2, -0.15) is 0 Å². The number of ether oxygens (including phenoxy) is 1. The Morgan fingerprint density at radius 2 is 1.92 bits per heavy atom. The second kappa shape index (κ2) is 7.27. The van der Waals surface area contributed by atoms with Crippen LogP contribution in [0.2, 0.25) is 0 Å². The zero-order chi connectivity index (χ0) is 16.9. The molecule has 0 spiro atoms. The minimum absolute atomic E-state index is 0.419. The second-order valence-electron chi connectivity index (χ2n) is 5.52. The summed E-state index contributed by atoms with van der Waals surface area (Å²) in [4.78, 5) is 4.91. The number of hydrogen-bond donors (Lipinski definition) is 1. The lowest BCUT2D eigenvalue weighted by molar-refractivity contribution is 0.414. The molecule has 0 atom stereocenters. The van der Waals surface area contributed by atoms with E-state index in [0.29, 0.717) is 11.5 Å². The highest BCUT2D eigenvalue weighted by Crippen LogP contribution is 2.16. The molecular formula is C19H19N3OS. The Morgan fingerprint density at radius 3 is 2.62 bits per heavy atom. The first-order valence-electron chi connectivity index (χ1n) is 7.68. The Balaban J connectivity index is 1.82. The summed E-state index contributed by atoms with van der Waals surface area (Å²) in [6, 6.07) is 16.0. The molecule has 0 fully saturated rings. The predicted octanol–water partition coefficient (Wildman–Crippen LogP) is 3.17. The highest BCUT2D eigenvalue weighted by atomic mass is 32.1. The van der Waals surface area contributed by atoms with Crippen molar-refractivity contribution >= 4 is 17.2 Å². The average molecular weight is 337 g/mol. The maximum Gasteiger partial charge on any atom is 0.118 e. The summed E-state index contributed by atoms with van der Waals surface area (Å²) in [7, 11) is 1.67. The van der Waals surface area contributed by atoms with Gasteiger partial charge >= 0.3 is 0 Å². The summed E-state index contributed by atoms with van der Waals surface area (Å²) >= 11 is 5.15. The summed E-state index contributed by atoms with van der Waals surface area (Å²) in [5, 5.41) is 0. The number of imidazole rings is 1. The molecule has 3 aromatic rings. The molecule has 4 nitrogen and oxygen atoms in total. The molecule has 1 aromatic heterocycles. The lowest BCUT2D eigenvalue weighted by Gasteiger charge is -2.12. The van der Waals surface area contributed by atoms with E-state index in [1.165, 1.54) is 5.56 Å². The van der Waals surface area contributed by atoms with Crippen LogP contribution < -0.4 is 10.5 Å². The Bertz CT molecular complexity index is 840. The molecule has 0 aliphatic rings. The van der Waals surface area contributed by atoms with Crippen LogP contribution in [-0.4, -0.2) is 21.6 Å². The molecule has 24 heavy (non-hydrogen) atoms. The second-order valence-corrected chi connectivity index (χ2v) is 5.96. The quantitative estimate of drug-likeness (QED) is 0.702. The van der Waals surface area contributed by atoms with Gasteiger partial charge in [-0.25, -0.2) is 4.98 Å². The van der Waals surface area contributed by atoms with Gasteiger partial charge in [-0.1, -0.05) is 48.6 Å². The van der Waals surface area contributed by atoms with E-state index in [2.05, 4.69) is 21.7 Å². The van der Waals surface area contributed by atoms with Gasteiger partial charge in [0, 0.05) is 30.9 Å². The van der Waals surface area contributed by atoms with Gasteiger partial charge in [0.25, 0.3) is 0 Å². The summed E-state index contributed by atoms with van der Waals surface area (Å²) in [6.07, 6.45) is 4.56. The van der Waals surface area contributed by atoms with Crippen molar-refractivity contribution in [1.29, 1.82) is 0 Å². The minimum Gasteiger partial charge on any atom is -0.497 e. The molecule has 2 aromatic carbocycles. The number of nitrogens with two attached hydrogens (primary N) is 1. The number of rotatable bonds is 6. The first-order chi connectivity index (χ1) is 11.7. The van der Waals surface area contributed by atoms with Crippen LogP contribution in [0.1, 0.15) is 22.5 Å². The van der Waals surface area contributed by atoms with E-state index in [4.69, 9.17) is 22.7 Å². The summed E-state index contributed by atoms with van der Waals surface area (Å²) in [5.74, 6) is 1.85.